The van der Waals surface area contributed by atoms with Crippen LogP contribution >= 0.6 is 0 Å². The van der Waals surface area contributed by atoms with E-state index in [1.54, 1.807) is 10.9 Å². The lowest BCUT2D eigenvalue weighted by Crippen LogP contribution is -2.39. The molecule has 0 aliphatic heterocycles. The monoisotopic (exact) mass is 523 g/mol. The van der Waals surface area contributed by atoms with Crippen LogP contribution in [0.1, 0.15) is 18.0 Å². The Bertz CT molecular complexity index is 1440. The van der Waals surface area contributed by atoms with Crippen molar-refractivity contribution in [1.82, 2.24) is 24.7 Å². The van der Waals surface area contributed by atoms with Gasteiger partial charge in [-0.15, -0.1) is 0 Å². The number of ketones is 2. The van der Waals surface area contributed by atoms with E-state index >= 15 is 0 Å². The number of carbonyl (C=O) groups is 2. The number of aromatic nitrogens is 5. The van der Waals surface area contributed by atoms with Crippen molar-refractivity contribution in [2.24, 2.45) is 0 Å². The summed E-state index contributed by atoms with van der Waals surface area (Å²) in [5, 5.41) is 14.6. The van der Waals surface area contributed by atoms with Crippen LogP contribution in [0.15, 0.2) is 55.2 Å². The zero-order valence-electron chi connectivity index (χ0n) is 18.4. The molecule has 0 amide bonds. The molecule has 3 heterocycles. The second kappa shape index (κ2) is 10.5. The van der Waals surface area contributed by atoms with Crippen LogP contribution in [0.5, 0.6) is 0 Å². The number of nitrogens with one attached hydrogen (secondary N) is 1. The minimum absolute atomic E-state index is 0.203. The minimum atomic E-state index is -5.77. The third-order valence-electron chi connectivity index (χ3n) is 4.85. The molecular weight excluding hydrogens is 508 g/mol. The molecule has 1 atom stereocenters. The summed E-state index contributed by atoms with van der Waals surface area (Å²) < 4.78 is 68.7. The molecule has 9 nitrogen and oxygen atoms in total. The van der Waals surface area contributed by atoms with Crippen LogP contribution in [0.3, 0.4) is 0 Å². The second-order valence-electron chi connectivity index (χ2n) is 7.37. The van der Waals surface area contributed by atoms with Crippen molar-refractivity contribution in [2.75, 3.05) is 5.73 Å². The Morgan fingerprint density at radius 3 is 2.35 bits per heavy atom. The summed E-state index contributed by atoms with van der Waals surface area (Å²) in [6.07, 6.45) is -4.23. The number of nitrogens with two attached hydrogens (primary N) is 1. The van der Waals surface area contributed by atoms with E-state index in [1.807, 2.05) is 42.7 Å². The zero-order chi connectivity index (χ0) is 27.4. The first-order valence-electron chi connectivity index (χ1n) is 10.1. The summed E-state index contributed by atoms with van der Waals surface area (Å²) in [4.78, 5) is 30.9. The smallest absolute Gasteiger partial charge is 0.399 e. The van der Waals surface area contributed by atoms with Crippen LogP contribution in [-0.2, 0) is 9.59 Å². The Balaban J connectivity index is 0.000000270. The predicted octanol–water partition coefficient (Wildman–Crippen LogP) is 4.16. The zero-order valence-corrected chi connectivity index (χ0v) is 18.4. The van der Waals surface area contributed by atoms with Crippen molar-refractivity contribution < 1.29 is 35.9 Å². The molecule has 4 aromatic rings. The molecule has 0 fully saturated rings. The number of fused-ring (bicyclic) bond motifs is 1. The van der Waals surface area contributed by atoms with E-state index in [9.17, 15) is 41.2 Å². The van der Waals surface area contributed by atoms with Gasteiger partial charge in [-0.3, -0.25) is 14.3 Å². The molecule has 0 aliphatic carbocycles. The maximum absolute atomic E-state index is 11.2. The van der Waals surface area contributed by atoms with Crippen LogP contribution < -0.4 is 5.73 Å². The van der Waals surface area contributed by atoms with E-state index in [1.165, 1.54) is 6.33 Å². The Hall–Kier alpha value is -4.74. The highest BCUT2D eigenvalue weighted by Crippen LogP contribution is 2.28. The van der Waals surface area contributed by atoms with E-state index in [0.717, 1.165) is 27.9 Å². The molecule has 0 spiro atoms. The summed E-state index contributed by atoms with van der Waals surface area (Å²) >= 11 is 0. The number of H-pyrrole nitrogens is 1. The van der Waals surface area contributed by atoms with Gasteiger partial charge >= 0.3 is 23.9 Å². The molecule has 0 radical (unpaired) electrons. The van der Waals surface area contributed by atoms with Gasteiger partial charge in [0.1, 0.15) is 12.0 Å². The third-order valence-corrected chi connectivity index (χ3v) is 4.85. The number of carbonyl (C=O) groups excluding carboxylic acids is 2. The van der Waals surface area contributed by atoms with E-state index < -0.39 is 23.9 Å². The van der Waals surface area contributed by atoms with Gasteiger partial charge in [-0.05, 0) is 23.8 Å². The lowest BCUT2D eigenvalue weighted by Gasteiger charge is -2.15. The SMILES string of the molecule is N#CCC(c1cccc(N)c1)n1cc(-c2ncnc3[nH]ccc23)cn1.O=C(C(=O)C(F)(F)F)C(F)(F)F. The number of anilines is 1. The first kappa shape index (κ1) is 26.9. The number of nitrogen functional groups attached to an aromatic ring is 1. The number of aromatic amines is 1. The number of benzene rings is 1. The lowest BCUT2D eigenvalue weighted by atomic mass is 10.0. The Morgan fingerprint density at radius 1 is 1.08 bits per heavy atom. The van der Waals surface area contributed by atoms with Crippen molar-refractivity contribution >= 4 is 28.3 Å². The number of rotatable bonds is 5. The molecule has 1 aromatic carbocycles. The summed E-state index contributed by atoms with van der Waals surface area (Å²) in [5.41, 5.74) is 9.96. The molecule has 4 rings (SSSR count). The third kappa shape index (κ3) is 6.28. The van der Waals surface area contributed by atoms with Crippen molar-refractivity contribution in [3.63, 3.8) is 0 Å². The molecule has 3 N–H and O–H groups in total. The number of hydrogen-bond donors (Lipinski definition) is 2. The van der Waals surface area contributed by atoms with E-state index in [2.05, 4.69) is 26.1 Å². The Morgan fingerprint density at radius 2 is 1.76 bits per heavy atom. The van der Waals surface area contributed by atoms with Crippen LogP contribution in [0, 0.1) is 11.3 Å². The van der Waals surface area contributed by atoms with Gasteiger partial charge in [0.05, 0.1) is 30.4 Å². The van der Waals surface area contributed by atoms with Gasteiger partial charge in [0.15, 0.2) is 0 Å². The fourth-order valence-corrected chi connectivity index (χ4v) is 3.21. The fraction of sp³-hybridized carbons (Fsp3) is 0.182. The molecular formula is C22H15F6N7O2. The molecule has 0 aliphatic rings. The molecule has 37 heavy (non-hydrogen) atoms. The average molecular weight is 523 g/mol. The summed E-state index contributed by atoms with van der Waals surface area (Å²) in [5.74, 6) is -6.81. The van der Waals surface area contributed by atoms with Crippen LogP contribution in [0.25, 0.3) is 22.3 Å². The molecule has 1 unspecified atom stereocenters. The number of nitriles is 1. The van der Waals surface area contributed by atoms with E-state index in [4.69, 9.17) is 5.73 Å². The molecule has 192 valence electrons. The first-order valence-corrected chi connectivity index (χ1v) is 10.1. The highest BCUT2D eigenvalue weighted by Gasteiger charge is 2.54. The van der Waals surface area contributed by atoms with Gasteiger partial charge in [-0.2, -0.15) is 36.7 Å². The minimum Gasteiger partial charge on any atom is -0.399 e. The van der Waals surface area contributed by atoms with Crippen molar-refractivity contribution in [3.8, 4) is 17.3 Å². The quantitative estimate of drug-likeness (QED) is 0.227. The van der Waals surface area contributed by atoms with Crippen molar-refractivity contribution in [2.45, 2.75) is 24.8 Å². The highest BCUT2D eigenvalue weighted by atomic mass is 19.4. The second-order valence-corrected chi connectivity index (χ2v) is 7.37. The highest BCUT2D eigenvalue weighted by molar-refractivity contribution is 6.41. The van der Waals surface area contributed by atoms with Gasteiger partial charge in [0, 0.05) is 29.0 Å². The average Bonchev–Trinajstić information content (AvgIpc) is 3.50. The van der Waals surface area contributed by atoms with E-state index in [-0.39, 0.29) is 6.04 Å². The van der Waals surface area contributed by atoms with Gasteiger partial charge in [-0.1, -0.05) is 12.1 Å². The standard InChI is InChI=1S/C18H15N7.C4F6O2/c19-6-4-16(12-2-1-3-14(20)8-12)25-10-13(9-24-25)17-15-5-7-21-18(15)23-11-22-17;5-3(6,7)1(11)2(12)4(8,9)10/h1-3,5,7-11,16H,4,20H2,(H,21,22,23);. The number of halogens is 6. The molecule has 0 saturated carbocycles. The largest absolute Gasteiger partial charge is 0.458 e. The molecule has 0 saturated heterocycles. The van der Waals surface area contributed by atoms with Crippen LogP contribution in [0.2, 0.25) is 0 Å². The number of nitrogens with zero attached hydrogens (tertiary/aromatic N) is 5. The Labute approximate surface area is 203 Å². The first-order chi connectivity index (χ1) is 17.3. The van der Waals surface area contributed by atoms with Crippen LogP contribution in [0.4, 0.5) is 32.0 Å². The topological polar surface area (TPSA) is 143 Å². The Kier molecular flexibility index (Phi) is 7.61. The molecule has 3 aromatic heterocycles. The fourth-order valence-electron chi connectivity index (χ4n) is 3.21. The van der Waals surface area contributed by atoms with E-state index in [0.29, 0.717) is 12.1 Å². The maximum atomic E-state index is 11.2. The lowest BCUT2D eigenvalue weighted by molar-refractivity contribution is -0.193. The van der Waals surface area contributed by atoms with Crippen LogP contribution in [-0.4, -0.2) is 48.7 Å². The molecule has 0 bridgehead atoms. The van der Waals surface area contributed by atoms with Gasteiger partial charge in [-0.25, -0.2) is 9.97 Å². The van der Waals surface area contributed by atoms with Gasteiger partial charge < -0.3 is 10.7 Å². The number of Topliss-reactive ketones (excluding diaryl/α,β-unsaturated/α-hetero) is 2. The van der Waals surface area contributed by atoms with Gasteiger partial charge in [0.25, 0.3) is 0 Å². The maximum Gasteiger partial charge on any atom is 0.458 e. The summed E-state index contributed by atoms with van der Waals surface area (Å²) in [7, 11) is 0. The predicted molar refractivity (Wildman–Crippen MR) is 116 cm³/mol. The number of alkyl halides is 6. The summed E-state index contributed by atoms with van der Waals surface area (Å²) in [6.45, 7) is 0. The number of hydrogen-bond acceptors (Lipinski definition) is 7. The molecule has 15 heteroatoms. The van der Waals surface area contributed by atoms with Crippen molar-refractivity contribution in [1.29, 1.82) is 5.26 Å². The van der Waals surface area contributed by atoms with Crippen molar-refractivity contribution in [3.05, 3.63) is 60.8 Å². The van der Waals surface area contributed by atoms with Gasteiger partial charge in [0.2, 0.25) is 0 Å². The summed E-state index contributed by atoms with van der Waals surface area (Å²) in [6, 6.07) is 11.5. The normalized spacial score (nSPS) is 12.4.